The van der Waals surface area contributed by atoms with E-state index in [2.05, 4.69) is 37.4 Å². The van der Waals surface area contributed by atoms with E-state index in [1.54, 1.807) is 0 Å². The van der Waals surface area contributed by atoms with Crippen molar-refractivity contribution in [3.05, 3.63) is 34.9 Å². The highest BCUT2D eigenvalue weighted by Crippen LogP contribution is 2.24. The van der Waals surface area contributed by atoms with Gasteiger partial charge in [-0.3, -0.25) is 0 Å². The lowest BCUT2D eigenvalue weighted by molar-refractivity contribution is 0.592. The number of hydrogen-bond acceptors (Lipinski definition) is 2. The molecule has 1 aromatic rings. The minimum atomic E-state index is 0.564. The van der Waals surface area contributed by atoms with E-state index in [4.69, 9.17) is 0 Å². The molecule has 1 unspecified atom stereocenters. The van der Waals surface area contributed by atoms with Crippen molar-refractivity contribution in [2.24, 2.45) is 0 Å². The van der Waals surface area contributed by atoms with Crippen molar-refractivity contribution in [3.63, 3.8) is 0 Å². The van der Waals surface area contributed by atoms with Gasteiger partial charge in [-0.25, -0.2) is 0 Å². The van der Waals surface area contributed by atoms with Crippen molar-refractivity contribution in [1.29, 1.82) is 0 Å². The molecule has 1 nitrogen and oxygen atoms in total. The van der Waals surface area contributed by atoms with E-state index in [0.29, 0.717) is 6.04 Å². The fourth-order valence-corrected chi connectivity index (χ4v) is 2.94. The van der Waals surface area contributed by atoms with Crippen molar-refractivity contribution < 1.29 is 0 Å². The van der Waals surface area contributed by atoms with Crippen LogP contribution in [0.15, 0.2) is 18.2 Å². The van der Waals surface area contributed by atoms with Gasteiger partial charge in [-0.05, 0) is 25.0 Å². The maximum atomic E-state index is 3.57. The molecule has 0 spiro atoms. The molecule has 2 heteroatoms. The molecule has 1 aliphatic rings. The number of nitrogens with one attached hydrogen (secondary N) is 1. The molecule has 0 saturated carbocycles. The number of aryl methyl sites for hydroxylation is 2. The first kappa shape index (κ1) is 10.1. The summed E-state index contributed by atoms with van der Waals surface area (Å²) >= 11 is 2.05. The zero-order valence-electron chi connectivity index (χ0n) is 8.84. The lowest BCUT2D eigenvalue weighted by Gasteiger charge is -2.25. The van der Waals surface area contributed by atoms with Gasteiger partial charge in [-0.2, -0.15) is 11.8 Å². The van der Waals surface area contributed by atoms with Gasteiger partial charge in [0.05, 0.1) is 0 Å². The van der Waals surface area contributed by atoms with Crippen LogP contribution in [-0.4, -0.2) is 18.1 Å². The Kier molecular flexibility index (Phi) is 3.14. The molecule has 1 fully saturated rings. The molecule has 0 radical (unpaired) electrons. The second kappa shape index (κ2) is 4.37. The van der Waals surface area contributed by atoms with E-state index in [0.717, 1.165) is 6.54 Å². The van der Waals surface area contributed by atoms with Crippen molar-refractivity contribution in [2.75, 3.05) is 18.1 Å². The van der Waals surface area contributed by atoms with Gasteiger partial charge in [-0.15, -0.1) is 0 Å². The van der Waals surface area contributed by atoms with Gasteiger partial charge in [0.25, 0.3) is 0 Å². The number of thioether (sulfide) groups is 1. The molecular weight excluding hydrogens is 190 g/mol. The van der Waals surface area contributed by atoms with Gasteiger partial charge in [-0.1, -0.05) is 23.8 Å². The van der Waals surface area contributed by atoms with Gasteiger partial charge in [0.2, 0.25) is 0 Å². The van der Waals surface area contributed by atoms with Crippen molar-refractivity contribution in [1.82, 2.24) is 5.32 Å². The first-order chi connectivity index (χ1) is 6.77. The zero-order chi connectivity index (χ0) is 9.97. The van der Waals surface area contributed by atoms with Crippen LogP contribution in [0.25, 0.3) is 0 Å². The van der Waals surface area contributed by atoms with Crippen molar-refractivity contribution in [2.45, 2.75) is 19.9 Å². The third-order valence-corrected chi connectivity index (χ3v) is 3.78. The second-order valence-electron chi connectivity index (χ2n) is 3.94. The van der Waals surface area contributed by atoms with Crippen LogP contribution in [0.3, 0.4) is 0 Å². The molecule has 1 N–H and O–H groups in total. The summed E-state index contributed by atoms with van der Waals surface area (Å²) in [4.78, 5) is 0. The average molecular weight is 207 g/mol. The Bertz CT molecular complexity index is 316. The molecule has 1 aliphatic heterocycles. The predicted octanol–water partition coefficient (Wildman–Crippen LogP) is 2.68. The quantitative estimate of drug-likeness (QED) is 0.760. The van der Waals surface area contributed by atoms with Crippen LogP contribution in [-0.2, 0) is 0 Å². The Labute approximate surface area is 90.3 Å². The molecule has 0 amide bonds. The van der Waals surface area contributed by atoms with Gasteiger partial charge in [0, 0.05) is 24.1 Å². The summed E-state index contributed by atoms with van der Waals surface area (Å²) in [6.45, 7) is 5.51. The molecular formula is C12H17NS. The van der Waals surface area contributed by atoms with Gasteiger partial charge in [0.15, 0.2) is 0 Å². The molecule has 76 valence electrons. The van der Waals surface area contributed by atoms with Crippen LogP contribution in [0.4, 0.5) is 0 Å². The molecule has 1 atom stereocenters. The largest absolute Gasteiger partial charge is 0.308 e. The van der Waals surface area contributed by atoms with Crippen LogP contribution in [0.5, 0.6) is 0 Å². The number of hydrogen-bond donors (Lipinski definition) is 1. The maximum absolute atomic E-state index is 3.57. The van der Waals surface area contributed by atoms with Crippen LogP contribution in [0, 0.1) is 13.8 Å². The lowest BCUT2D eigenvalue weighted by atomic mass is 10.0. The monoisotopic (exact) mass is 207 g/mol. The summed E-state index contributed by atoms with van der Waals surface area (Å²) in [5.74, 6) is 2.46. The fraction of sp³-hybridized carbons (Fsp3) is 0.500. The average Bonchev–Trinajstić information content (AvgIpc) is 2.19. The topological polar surface area (TPSA) is 12.0 Å². The van der Waals surface area contributed by atoms with Crippen molar-refractivity contribution in [3.8, 4) is 0 Å². The molecule has 1 aromatic carbocycles. The fourth-order valence-electron chi connectivity index (χ4n) is 1.98. The van der Waals surface area contributed by atoms with E-state index in [9.17, 15) is 0 Å². The molecule has 0 aromatic heterocycles. The molecule has 2 rings (SSSR count). The van der Waals surface area contributed by atoms with Gasteiger partial charge < -0.3 is 5.32 Å². The summed E-state index contributed by atoms with van der Waals surface area (Å²) < 4.78 is 0. The summed E-state index contributed by atoms with van der Waals surface area (Å²) in [5, 5.41) is 3.57. The van der Waals surface area contributed by atoms with E-state index in [1.807, 2.05) is 11.8 Å². The van der Waals surface area contributed by atoms with E-state index in [1.165, 1.54) is 28.2 Å². The molecule has 0 bridgehead atoms. The third kappa shape index (κ3) is 2.12. The molecule has 14 heavy (non-hydrogen) atoms. The van der Waals surface area contributed by atoms with Gasteiger partial charge >= 0.3 is 0 Å². The predicted molar refractivity (Wildman–Crippen MR) is 64.0 cm³/mol. The highest BCUT2D eigenvalue weighted by molar-refractivity contribution is 7.99. The highest BCUT2D eigenvalue weighted by Gasteiger charge is 2.16. The summed E-state index contributed by atoms with van der Waals surface area (Å²) in [7, 11) is 0. The third-order valence-electron chi connectivity index (χ3n) is 2.72. The Morgan fingerprint density at radius 3 is 2.86 bits per heavy atom. The minimum Gasteiger partial charge on any atom is -0.308 e. The summed E-state index contributed by atoms with van der Waals surface area (Å²) in [6, 6.07) is 7.32. The standard InChI is InChI=1S/C12H17NS/c1-9-3-4-11(10(2)7-9)12-8-14-6-5-13-12/h3-4,7,12-13H,5-6,8H2,1-2H3. The molecule has 1 heterocycles. The molecule has 0 aliphatic carbocycles. The zero-order valence-corrected chi connectivity index (χ0v) is 9.66. The normalized spacial score (nSPS) is 22.3. The summed E-state index contributed by atoms with van der Waals surface area (Å²) in [5.41, 5.74) is 4.25. The SMILES string of the molecule is Cc1ccc(C2CSCCN2)c(C)c1. The Morgan fingerprint density at radius 1 is 1.36 bits per heavy atom. The summed E-state index contributed by atoms with van der Waals surface area (Å²) in [6.07, 6.45) is 0. The minimum absolute atomic E-state index is 0.564. The number of rotatable bonds is 1. The number of benzene rings is 1. The van der Waals surface area contributed by atoms with Gasteiger partial charge in [0.1, 0.15) is 0 Å². The first-order valence-electron chi connectivity index (χ1n) is 5.15. The smallest absolute Gasteiger partial charge is 0.0414 e. The van der Waals surface area contributed by atoms with Crippen LogP contribution in [0.2, 0.25) is 0 Å². The highest BCUT2D eigenvalue weighted by atomic mass is 32.2. The van der Waals surface area contributed by atoms with E-state index >= 15 is 0 Å². The van der Waals surface area contributed by atoms with Crippen LogP contribution >= 0.6 is 11.8 Å². The second-order valence-corrected chi connectivity index (χ2v) is 5.09. The Hall–Kier alpha value is -0.470. The maximum Gasteiger partial charge on any atom is 0.0414 e. The van der Waals surface area contributed by atoms with E-state index < -0.39 is 0 Å². The molecule has 1 saturated heterocycles. The van der Waals surface area contributed by atoms with Crippen LogP contribution < -0.4 is 5.32 Å². The Balaban J connectivity index is 2.22. The Morgan fingerprint density at radius 2 is 2.21 bits per heavy atom. The van der Waals surface area contributed by atoms with Crippen LogP contribution in [0.1, 0.15) is 22.7 Å². The van der Waals surface area contributed by atoms with E-state index in [-0.39, 0.29) is 0 Å². The van der Waals surface area contributed by atoms with Crippen molar-refractivity contribution >= 4 is 11.8 Å². The first-order valence-corrected chi connectivity index (χ1v) is 6.31. The lowest BCUT2D eigenvalue weighted by Crippen LogP contribution is -2.30.